The predicted octanol–water partition coefficient (Wildman–Crippen LogP) is 2.70. The van der Waals surface area contributed by atoms with Crippen molar-refractivity contribution in [3.8, 4) is 0 Å². The molecule has 36 heavy (non-hydrogen) atoms. The standard InChI is InChI=1S/C28H35N3O5/c1-17-16-28-22(21(24(33)29-3)27(17,2)36-28)26(35)31(13-7-4-8-14-32)23(28)25(34)30-20-12-11-18-9-5-6-10-19(18)15-20/h5-6,9-12,15,17,21-23,32H,4,7-8,13-14,16H2,1-3H3,(H,29,33)(H,30,34)/t17?,21-,22-,23?,27+,28?/m0/s1. The number of carbonyl (C=O) groups is 3. The van der Waals surface area contributed by atoms with Gasteiger partial charge in [-0.2, -0.15) is 0 Å². The van der Waals surface area contributed by atoms with E-state index in [2.05, 4.69) is 10.6 Å². The Balaban J connectivity index is 1.51. The number of hydrogen-bond acceptors (Lipinski definition) is 5. The Morgan fingerprint density at radius 2 is 1.86 bits per heavy atom. The third kappa shape index (κ3) is 3.61. The van der Waals surface area contributed by atoms with Crippen molar-refractivity contribution in [2.75, 3.05) is 25.5 Å². The number of ether oxygens (including phenoxy) is 1. The first kappa shape index (κ1) is 24.7. The molecule has 2 aromatic rings. The highest BCUT2D eigenvalue weighted by Crippen LogP contribution is 2.65. The fourth-order valence-corrected chi connectivity index (χ4v) is 6.88. The lowest BCUT2D eigenvalue weighted by Crippen LogP contribution is -2.54. The van der Waals surface area contributed by atoms with Crippen LogP contribution >= 0.6 is 0 Å². The topological polar surface area (TPSA) is 108 Å². The van der Waals surface area contributed by atoms with Gasteiger partial charge in [-0.3, -0.25) is 14.4 Å². The van der Waals surface area contributed by atoms with Gasteiger partial charge in [-0.25, -0.2) is 0 Å². The Morgan fingerprint density at radius 1 is 1.11 bits per heavy atom. The summed E-state index contributed by atoms with van der Waals surface area (Å²) in [6, 6.07) is 12.8. The molecule has 8 heteroatoms. The van der Waals surface area contributed by atoms with E-state index >= 15 is 0 Å². The molecule has 5 rings (SSSR count). The van der Waals surface area contributed by atoms with Crippen LogP contribution in [0.25, 0.3) is 10.8 Å². The van der Waals surface area contributed by atoms with E-state index in [-0.39, 0.29) is 30.2 Å². The Morgan fingerprint density at radius 3 is 2.58 bits per heavy atom. The summed E-state index contributed by atoms with van der Waals surface area (Å²) in [6.07, 6.45) is 2.57. The lowest BCUT2D eigenvalue weighted by atomic mass is 9.62. The fourth-order valence-electron chi connectivity index (χ4n) is 6.88. The Bertz CT molecular complexity index is 1200. The molecule has 3 heterocycles. The molecule has 2 aromatic carbocycles. The molecule has 0 aromatic heterocycles. The number of nitrogens with zero attached hydrogens (tertiary/aromatic N) is 1. The van der Waals surface area contributed by atoms with Gasteiger partial charge in [0.1, 0.15) is 11.6 Å². The minimum absolute atomic E-state index is 0.00848. The monoisotopic (exact) mass is 493 g/mol. The van der Waals surface area contributed by atoms with Gasteiger partial charge in [0.05, 0.1) is 17.4 Å². The van der Waals surface area contributed by atoms with Gasteiger partial charge in [0.2, 0.25) is 17.7 Å². The Labute approximate surface area is 211 Å². The molecule has 3 amide bonds. The summed E-state index contributed by atoms with van der Waals surface area (Å²) < 4.78 is 6.66. The number of amides is 3. The van der Waals surface area contributed by atoms with Crippen molar-refractivity contribution in [3.05, 3.63) is 42.5 Å². The number of fused-ring (bicyclic) bond motifs is 2. The number of aliphatic hydroxyl groups is 1. The minimum atomic E-state index is -1.06. The van der Waals surface area contributed by atoms with Crippen molar-refractivity contribution >= 4 is 34.2 Å². The van der Waals surface area contributed by atoms with E-state index in [1.165, 1.54) is 0 Å². The van der Waals surface area contributed by atoms with Gasteiger partial charge in [0.15, 0.2) is 0 Å². The molecule has 2 bridgehead atoms. The van der Waals surface area contributed by atoms with Crippen molar-refractivity contribution in [2.24, 2.45) is 17.8 Å². The zero-order chi connectivity index (χ0) is 25.7. The third-order valence-corrected chi connectivity index (χ3v) is 8.67. The van der Waals surface area contributed by atoms with E-state index in [0.29, 0.717) is 31.5 Å². The zero-order valence-corrected chi connectivity index (χ0v) is 21.1. The van der Waals surface area contributed by atoms with Gasteiger partial charge in [-0.05, 0) is 61.4 Å². The average Bonchev–Trinajstić information content (AvgIpc) is 3.38. The number of nitrogens with one attached hydrogen (secondary N) is 2. The van der Waals surface area contributed by atoms with Gasteiger partial charge in [-0.15, -0.1) is 0 Å². The van der Waals surface area contributed by atoms with Crippen LogP contribution in [0.5, 0.6) is 0 Å². The van der Waals surface area contributed by atoms with Gasteiger partial charge in [-0.1, -0.05) is 37.3 Å². The Kier molecular flexibility index (Phi) is 6.29. The summed E-state index contributed by atoms with van der Waals surface area (Å²) in [5, 5.41) is 17.0. The number of rotatable bonds is 8. The molecule has 6 atom stereocenters. The first-order chi connectivity index (χ1) is 17.3. The van der Waals surface area contributed by atoms with Crippen LogP contribution in [0.4, 0.5) is 5.69 Å². The molecular weight excluding hydrogens is 458 g/mol. The quantitative estimate of drug-likeness (QED) is 0.490. The van der Waals surface area contributed by atoms with E-state index in [1.807, 2.05) is 56.3 Å². The number of unbranched alkanes of at least 4 members (excludes halogenated alkanes) is 2. The van der Waals surface area contributed by atoms with Crippen LogP contribution in [0.2, 0.25) is 0 Å². The lowest BCUT2D eigenvalue weighted by Gasteiger charge is -2.36. The van der Waals surface area contributed by atoms with E-state index in [4.69, 9.17) is 4.74 Å². The van der Waals surface area contributed by atoms with Gasteiger partial charge in [0.25, 0.3) is 0 Å². The number of anilines is 1. The van der Waals surface area contributed by atoms with Crippen LogP contribution in [0.15, 0.2) is 42.5 Å². The van der Waals surface area contributed by atoms with Crippen molar-refractivity contribution in [1.82, 2.24) is 10.2 Å². The molecule has 1 spiro atoms. The molecule has 3 unspecified atom stereocenters. The second-order valence-electron chi connectivity index (χ2n) is 10.7. The number of benzene rings is 2. The molecule has 192 valence electrons. The first-order valence-corrected chi connectivity index (χ1v) is 12.9. The maximum Gasteiger partial charge on any atom is 0.250 e. The van der Waals surface area contributed by atoms with E-state index in [9.17, 15) is 19.5 Å². The number of hydrogen-bond donors (Lipinski definition) is 3. The molecule has 3 N–H and O–H groups in total. The molecule has 0 saturated carbocycles. The Hall–Kier alpha value is -2.97. The van der Waals surface area contributed by atoms with E-state index < -0.39 is 29.1 Å². The highest BCUT2D eigenvalue weighted by atomic mass is 16.5. The molecule has 0 aliphatic carbocycles. The summed E-state index contributed by atoms with van der Waals surface area (Å²) in [6.45, 7) is 4.40. The second kappa shape index (κ2) is 9.16. The van der Waals surface area contributed by atoms with Crippen LogP contribution in [0.1, 0.15) is 39.5 Å². The van der Waals surface area contributed by atoms with Crippen LogP contribution in [-0.2, 0) is 19.1 Å². The van der Waals surface area contributed by atoms with Crippen LogP contribution in [-0.4, -0.2) is 65.2 Å². The smallest absolute Gasteiger partial charge is 0.250 e. The predicted molar refractivity (Wildman–Crippen MR) is 136 cm³/mol. The summed E-state index contributed by atoms with van der Waals surface area (Å²) in [4.78, 5) is 42.5. The summed E-state index contributed by atoms with van der Waals surface area (Å²) in [7, 11) is 1.57. The molecule has 3 fully saturated rings. The number of carbonyl (C=O) groups excluding carboxylic acids is 3. The molecule has 3 aliphatic rings. The van der Waals surface area contributed by atoms with E-state index in [0.717, 1.165) is 17.2 Å². The molecular formula is C28H35N3O5. The lowest BCUT2D eigenvalue weighted by molar-refractivity contribution is -0.146. The third-order valence-electron chi connectivity index (χ3n) is 8.67. The molecule has 3 saturated heterocycles. The summed E-state index contributed by atoms with van der Waals surface area (Å²) >= 11 is 0. The normalized spacial score (nSPS) is 32.7. The van der Waals surface area contributed by atoms with Gasteiger partial charge < -0.3 is 25.4 Å². The SMILES string of the molecule is CNC(=O)[C@@H]1[C@H]2C(=O)N(CCCCCO)C(C(=O)Nc3ccc4ccccc4c3)C23CC(C)[C@@]1(C)O3. The van der Waals surface area contributed by atoms with Crippen molar-refractivity contribution < 1.29 is 24.2 Å². The van der Waals surface area contributed by atoms with Crippen molar-refractivity contribution in [2.45, 2.75) is 56.8 Å². The summed E-state index contributed by atoms with van der Waals surface area (Å²) in [5.74, 6) is -2.06. The average molecular weight is 494 g/mol. The highest BCUT2D eigenvalue weighted by Gasteiger charge is 2.79. The second-order valence-corrected chi connectivity index (χ2v) is 10.7. The molecule has 3 aliphatic heterocycles. The van der Waals surface area contributed by atoms with Crippen LogP contribution in [0, 0.1) is 17.8 Å². The van der Waals surface area contributed by atoms with Gasteiger partial charge in [0, 0.05) is 25.9 Å². The van der Waals surface area contributed by atoms with Crippen LogP contribution in [0.3, 0.4) is 0 Å². The van der Waals surface area contributed by atoms with Crippen LogP contribution < -0.4 is 10.6 Å². The summed E-state index contributed by atoms with van der Waals surface area (Å²) in [5.41, 5.74) is -1.22. The number of aliphatic hydroxyl groups excluding tert-OH is 1. The highest BCUT2D eigenvalue weighted by molar-refractivity contribution is 6.04. The van der Waals surface area contributed by atoms with Crippen molar-refractivity contribution in [1.29, 1.82) is 0 Å². The minimum Gasteiger partial charge on any atom is -0.396 e. The van der Waals surface area contributed by atoms with E-state index in [1.54, 1.807) is 11.9 Å². The maximum absolute atomic E-state index is 14.0. The van der Waals surface area contributed by atoms with Gasteiger partial charge >= 0.3 is 0 Å². The molecule has 8 nitrogen and oxygen atoms in total. The van der Waals surface area contributed by atoms with Crippen molar-refractivity contribution in [3.63, 3.8) is 0 Å². The molecule has 0 radical (unpaired) electrons. The number of likely N-dealkylation sites (tertiary alicyclic amines) is 1. The largest absolute Gasteiger partial charge is 0.396 e. The fraction of sp³-hybridized carbons (Fsp3) is 0.536. The zero-order valence-electron chi connectivity index (χ0n) is 21.1. The first-order valence-electron chi connectivity index (χ1n) is 12.9. The maximum atomic E-state index is 14.0.